The number of nitrogens with two attached hydrogens (primary N) is 1. The standard InChI is InChI=1S/C17H17F6N3O2/c1-3-13-8(2)25(7-16(18,19)20)12-4-9-10(17(21,22)23)5-15(27)26(24)11(9)6-14(12)28-13/h4-6,8,13H,3,7,24H2,1-2H3/t8-,13+/m1/s1. The van der Waals surface area contributed by atoms with Gasteiger partial charge >= 0.3 is 12.4 Å². The number of nitrogens with zero attached hydrogens (tertiary/aromatic N) is 2. The summed E-state index contributed by atoms with van der Waals surface area (Å²) in [4.78, 5) is 12.8. The Morgan fingerprint density at radius 2 is 1.79 bits per heavy atom. The normalized spacial score (nSPS) is 20.2. The average Bonchev–Trinajstić information content (AvgIpc) is 2.57. The van der Waals surface area contributed by atoms with Crippen LogP contribution in [0.2, 0.25) is 0 Å². The number of rotatable bonds is 2. The summed E-state index contributed by atoms with van der Waals surface area (Å²) in [6, 6.07) is 1.63. The van der Waals surface area contributed by atoms with Crippen molar-refractivity contribution in [1.29, 1.82) is 0 Å². The minimum absolute atomic E-state index is 0.0559. The van der Waals surface area contributed by atoms with Gasteiger partial charge in [0.15, 0.2) is 0 Å². The summed E-state index contributed by atoms with van der Waals surface area (Å²) < 4.78 is 85.8. The number of benzene rings is 1. The van der Waals surface area contributed by atoms with Crippen molar-refractivity contribution in [3.63, 3.8) is 0 Å². The van der Waals surface area contributed by atoms with Crippen molar-refractivity contribution in [2.45, 2.75) is 44.8 Å². The van der Waals surface area contributed by atoms with E-state index >= 15 is 0 Å². The fraction of sp³-hybridized carbons (Fsp3) is 0.471. The van der Waals surface area contributed by atoms with E-state index in [4.69, 9.17) is 10.6 Å². The largest absolute Gasteiger partial charge is 0.486 e. The molecule has 0 fully saturated rings. The van der Waals surface area contributed by atoms with Gasteiger partial charge < -0.3 is 15.5 Å². The van der Waals surface area contributed by atoms with Crippen LogP contribution in [-0.2, 0) is 6.18 Å². The molecule has 28 heavy (non-hydrogen) atoms. The lowest BCUT2D eigenvalue weighted by Crippen LogP contribution is -2.51. The molecule has 0 spiro atoms. The molecule has 0 saturated carbocycles. The van der Waals surface area contributed by atoms with Gasteiger partial charge in [0.05, 0.1) is 22.8 Å². The molecule has 0 bridgehead atoms. The van der Waals surface area contributed by atoms with Crippen molar-refractivity contribution in [3.05, 3.63) is 34.1 Å². The zero-order chi connectivity index (χ0) is 21.0. The number of nitrogen functional groups attached to an aromatic ring is 1. The van der Waals surface area contributed by atoms with Gasteiger partial charge in [-0.05, 0) is 19.4 Å². The van der Waals surface area contributed by atoms with Gasteiger partial charge in [0.1, 0.15) is 18.4 Å². The summed E-state index contributed by atoms with van der Waals surface area (Å²) in [5, 5.41) is -0.480. The van der Waals surface area contributed by atoms with E-state index in [1.807, 2.05) is 0 Å². The van der Waals surface area contributed by atoms with E-state index < -0.39 is 47.6 Å². The van der Waals surface area contributed by atoms with Crippen molar-refractivity contribution in [2.75, 3.05) is 17.3 Å². The first-order chi connectivity index (χ1) is 12.8. The first-order valence-electron chi connectivity index (χ1n) is 8.39. The first kappa shape index (κ1) is 20.2. The number of anilines is 1. The smallest absolute Gasteiger partial charge is 0.417 e. The summed E-state index contributed by atoms with van der Waals surface area (Å²) in [5.41, 5.74) is -2.78. The predicted octanol–water partition coefficient (Wildman–Crippen LogP) is 3.66. The Labute approximate surface area is 155 Å². The van der Waals surface area contributed by atoms with Crippen LogP contribution in [-0.4, -0.2) is 29.5 Å². The van der Waals surface area contributed by atoms with Crippen LogP contribution in [0.4, 0.5) is 32.0 Å². The minimum Gasteiger partial charge on any atom is -0.486 e. The highest BCUT2D eigenvalue weighted by atomic mass is 19.4. The van der Waals surface area contributed by atoms with Gasteiger partial charge in [-0.25, -0.2) is 4.68 Å². The second kappa shape index (κ2) is 6.49. The van der Waals surface area contributed by atoms with Crippen molar-refractivity contribution in [2.24, 2.45) is 0 Å². The molecule has 2 N–H and O–H groups in total. The number of aromatic nitrogens is 1. The second-order valence-electron chi connectivity index (χ2n) is 6.65. The SMILES string of the molecule is CC[C@@H]1Oc2cc3c(cc2N(CC(F)(F)F)[C@@H]1C)c(C(F)(F)F)cc(=O)n3N. The van der Waals surface area contributed by atoms with Gasteiger partial charge in [0.2, 0.25) is 0 Å². The topological polar surface area (TPSA) is 60.5 Å². The highest BCUT2D eigenvalue weighted by Gasteiger charge is 2.41. The number of alkyl halides is 6. The van der Waals surface area contributed by atoms with Crippen molar-refractivity contribution in [3.8, 4) is 5.75 Å². The molecule has 11 heteroatoms. The summed E-state index contributed by atoms with van der Waals surface area (Å²) in [5.74, 6) is 5.53. The number of hydrogen-bond donors (Lipinski definition) is 1. The van der Waals surface area contributed by atoms with Crippen LogP contribution in [0, 0.1) is 0 Å². The third kappa shape index (κ3) is 3.45. The van der Waals surface area contributed by atoms with Gasteiger partial charge in [0, 0.05) is 17.5 Å². The third-order valence-corrected chi connectivity index (χ3v) is 4.81. The van der Waals surface area contributed by atoms with Crippen LogP contribution in [0.5, 0.6) is 5.75 Å². The number of hydrogen-bond acceptors (Lipinski definition) is 4. The van der Waals surface area contributed by atoms with E-state index in [0.29, 0.717) is 17.2 Å². The summed E-state index contributed by atoms with van der Waals surface area (Å²) in [6.45, 7) is 1.89. The highest BCUT2D eigenvalue weighted by molar-refractivity contribution is 5.90. The lowest BCUT2D eigenvalue weighted by Gasteiger charge is -2.42. The van der Waals surface area contributed by atoms with Gasteiger partial charge in [-0.15, -0.1) is 0 Å². The monoisotopic (exact) mass is 409 g/mol. The number of pyridine rings is 1. The van der Waals surface area contributed by atoms with Crippen LogP contribution < -0.4 is 21.0 Å². The molecule has 2 heterocycles. The maximum atomic E-state index is 13.4. The van der Waals surface area contributed by atoms with Crippen LogP contribution >= 0.6 is 0 Å². The molecule has 2 atom stereocenters. The fourth-order valence-electron chi connectivity index (χ4n) is 3.44. The van der Waals surface area contributed by atoms with E-state index in [2.05, 4.69) is 0 Å². The molecule has 154 valence electrons. The molecule has 0 radical (unpaired) electrons. The molecule has 1 aliphatic rings. The van der Waals surface area contributed by atoms with E-state index in [9.17, 15) is 31.1 Å². The molecular formula is C17H17F6N3O2. The van der Waals surface area contributed by atoms with E-state index in [1.54, 1.807) is 6.92 Å². The predicted molar refractivity (Wildman–Crippen MR) is 90.9 cm³/mol. The minimum atomic E-state index is -4.89. The van der Waals surface area contributed by atoms with E-state index in [1.165, 1.54) is 6.92 Å². The maximum absolute atomic E-state index is 13.4. The van der Waals surface area contributed by atoms with E-state index in [0.717, 1.165) is 17.0 Å². The van der Waals surface area contributed by atoms with Gasteiger partial charge in [-0.1, -0.05) is 6.92 Å². The summed E-state index contributed by atoms with van der Waals surface area (Å²) in [6.07, 6.45) is -9.70. The zero-order valence-corrected chi connectivity index (χ0v) is 14.9. The summed E-state index contributed by atoms with van der Waals surface area (Å²) in [7, 11) is 0. The highest BCUT2D eigenvalue weighted by Crippen LogP contribution is 2.43. The van der Waals surface area contributed by atoms with Crippen LogP contribution in [0.25, 0.3) is 10.9 Å². The molecule has 1 aliphatic heterocycles. The molecule has 0 unspecified atom stereocenters. The number of fused-ring (bicyclic) bond motifs is 2. The van der Waals surface area contributed by atoms with Crippen molar-refractivity contribution < 1.29 is 31.1 Å². The van der Waals surface area contributed by atoms with Crippen molar-refractivity contribution in [1.82, 2.24) is 4.68 Å². The van der Waals surface area contributed by atoms with Crippen LogP contribution in [0.1, 0.15) is 25.8 Å². The molecule has 1 aromatic heterocycles. The maximum Gasteiger partial charge on any atom is 0.417 e. The number of ether oxygens (including phenoxy) is 1. The Morgan fingerprint density at radius 3 is 2.32 bits per heavy atom. The molecule has 0 aliphatic carbocycles. The Bertz CT molecular complexity index is 966. The molecular weight excluding hydrogens is 392 g/mol. The molecule has 5 nitrogen and oxygen atoms in total. The van der Waals surface area contributed by atoms with Gasteiger partial charge in [0.25, 0.3) is 5.56 Å². The molecule has 0 saturated heterocycles. The van der Waals surface area contributed by atoms with Crippen LogP contribution in [0.3, 0.4) is 0 Å². The zero-order valence-electron chi connectivity index (χ0n) is 14.9. The summed E-state index contributed by atoms with van der Waals surface area (Å²) >= 11 is 0. The Morgan fingerprint density at radius 1 is 1.14 bits per heavy atom. The Hall–Kier alpha value is -2.59. The molecule has 1 aromatic carbocycles. The lowest BCUT2D eigenvalue weighted by molar-refractivity contribution is -0.136. The van der Waals surface area contributed by atoms with Gasteiger partial charge in [-0.3, -0.25) is 4.79 Å². The Balaban J connectivity index is 2.32. The third-order valence-electron chi connectivity index (χ3n) is 4.81. The lowest BCUT2D eigenvalue weighted by atomic mass is 10.0. The number of halogens is 6. The average molecular weight is 409 g/mol. The second-order valence-corrected chi connectivity index (χ2v) is 6.65. The first-order valence-corrected chi connectivity index (χ1v) is 8.39. The van der Waals surface area contributed by atoms with E-state index in [-0.39, 0.29) is 17.0 Å². The van der Waals surface area contributed by atoms with Crippen LogP contribution in [0.15, 0.2) is 23.0 Å². The van der Waals surface area contributed by atoms with Crippen molar-refractivity contribution >= 4 is 16.6 Å². The fourth-order valence-corrected chi connectivity index (χ4v) is 3.44. The quantitative estimate of drug-likeness (QED) is 0.608. The van der Waals surface area contributed by atoms with Gasteiger partial charge in [-0.2, -0.15) is 26.3 Å². The Kier molecular flexibility index (Phi) is 4.67. The molecule has 2 aromatic rings. The molecule has 0 amide bonds. The molecule has 3 rings (SSSR count).